The van der Waals surface area contributed by atoms with Gasteiger partial charge < -0.3 is 0 Å². The number of hydrogen-bond acceptors (Lipinski definition) is 1. The van der Waals surface area contributed by atoms with Gasteiger partial charge in [-0.2, -0.15) is 0 Å². The molecule has 0 bridgehead atoms. The second-order valence-corrected chi connectivity index (χ2v) is 7.64. The number of aryl methyl sites for hydroxylation is 1. The second-order valence-electron chi connectivity index (χ2n) is 6.35. The summed E-state index contributed by atoms with van der Waals surface area (Å²) < 4.78 is 14.5. The van der Waals surface area contributed by atoms with Gasteiger partial charge in [0, 0.05) is 15.3 Å². The monoisotopic (exact) mass is 322 g/mol. The molecule has 0 nitrogen and oxygen atoms in total. The first-order valence-corrected chi connectivity index (χ1v) is 8.99. The first kappa shape index (κ1) is 14.6. The zero-order chi connectivity index (χ0) is 15.8. The van der Waals surface area contributed by atoms with Crippen LogP contribution in [0.15, 0.2) is 54.6 Å². The lowest BCUT2D eigenvalue weighted by Gasteiger charge is -2.25. The molecule has 116 valence electrons. The molecular formula is C21H19FS. The molecule has 3 aromatic rings. The average Bonchev–Trinajstić information content (AvgIpc) is 2.92. The Hall–Kier alpha value is -1.93. The first-order chi connectivity index (χ1) is 11.2. The van der Waals surface area contributed by atoms with Crippen LogP contribution in [0.1, 0.15) is 35.6 Å². The highest BCUT2D eigenvalue weighted by molar-refractivity contribution is 7.15. The molecule has 1 fully saturated rings. The first-order valence-electron chi connectivity index (χ1n) is 8.17. The topological polar surface area (TPSA) is 0 Å². The van der Waals surface area contributed by atoms with E-state index in [4.69, 9.17) is 0 Å². The maximum absolute atomic E-state index is 14.5. The van der Waals surface area contributed by atoms with Crippen molar-refractivity contribution in [3.63, 3.8) is 0 Å². The molecule has 23 heavy (non-hydrogen) atoms. The van der Waals surface area contributed by atoms with E-state index in [9.17, 15) is 4.39 Å². The minimum Gasteiger partial charge on any atom is -0.206 e. The van der Waals surface area contributed by atoms with Crippen molar-refractivity contribution in [2.24, 2.45) is 0 Å². The quantitative estimate of drug-likeness (QED) is 0.497. The lowest BCUT2D eigenvalue weighted by atomic mass is 9.80. The Bertz CT molecular complexity index is 825. The van der Waals surface area contributed by atoms with E-state index in [1.807, 2.05) is 31.2 Å². The number of halogens is 1. The Labute approximate surface area is 140 Å². The molecule has 0 saturated heterocycles. The van der Waals surface area contributed by atoms with E-state index < -0.39 is 0 Å². The van der Waals surface area contributed by atoms with E-state index >= 15 is 0 Å². The Morgan fingerprint density at radius 3 is 2.22 bits per heavy atom. The van der Waals surface area contributed by atoms with Crippen LogP contribution in [0.3, 0.4) is 0 Å². The molecule has 1 saturated carbocycles. The van der Waals surface area contributed by atoms with Crippen molar-refractivity contribution in [3.05, 3.63) is 70.9 Å². The molecule has 0 amide bonds. The molecule has 4 rings (SSSR count). The predicted octanol–water partition coefficient (Wildman–Crippen LogP) is 6.80. The van der Waals surface area contributed by atoms with Crippen molar-refractivity contribution < 1.29 is 4.39 Å². The lowest BCUT2D eigenvalue weighted by Crippen LogP contribution is -2.08. The highest BCUT2D eigenvalue weighted by atomic mass is 32.1. The van der Waals surface area contributed by atoms with Crippen LogP contribution >= 0.6 is 11.3 Å². The molecule has 1 heterocycles. The van der Waals surface area contributed by atoms with Crippen LogP contribution in [-0.2, 0) is 0 Å². The summed E-state index contributed by atoms with van der Waals surface area (Å²) in [6.45, 7) is 2.05. The summed E-state index contributed by atoms with van der Waals surface area (Å²) in [6, 6.07) is 18.2. The van der Waals surface area contributed by atoms with Gasteiger partial charge in [0.25, 0.3) is 0 Å². The van der Waals surface area contributed by atoms with Crippen LogP contribution < -0.4 is 0 Å². The molecule has 2 aromatic carbocycles. The van der Waals surface area contributed by atoms with Gasteiger partial charge in [0.1, 0.15) is 5.82 Å². The van der Waals surface area contributed by atoms with Crippen molar-refractivity contribution in [2.75, 3.05) is 0 Å². The fraction of sp³-hybridized carbons (Fsp3) is 0.238. The van der Waals surface area contributed by atoms with Crippen LogP contribution in [0, 0.1) is 12.7 Å². The molecule has 0 atom stereocenters. The van der Waals surface area contributed by atoms with Crippen molar-refractivity contribution in [1.29, 1.82) is 0 Å². The predicted molar refractivity (Wildman–Crippen MR) is 96.5 cm³/mol. The van der Waals surface area contributed by atoms with Crippen LogP contribution in [0.2, 0.25) is 0 Å². The van der Waals surface area contributed by atoms with Crippen molar-refractivity contribution in [2.45, 2.75) is 32.1 Å². The van der Waals surface area contributed by atoms with Gasteiger partial charge in [-0.25, -0.2) is 4.39 Å². The molecule has 1 aromatic heterocycles. The van der Waals surface area contributed by atoms with Crippen molar-refractivity contribution >= 4 is 11.3 Å². The van der Waals surface area contributed by atoms with Gasteiger partial charge in [-0.15, -0.1) is 11.3 Å². The van der Waals surface area contributed by atoms with Gasteiger partial charge in [0.15, 0.2) is 0 Å². The highest BCUT2D eigenvalue weighted by Gasteiger charge is 2.19. The van der Waals surface area contributed by atoms with Gasteiger partial charge in [-0.3, -0.25) is 0 Å². The van der Waals surface area contributed by atoms with Gasteiger partial charge in [-0.05, 0) is 66.6 Å². The Balaban J connectivity index is 1.63. The minimum absolute atomic E-state index is 0.146. The molecule has 0 unspecified atom stereocenters. The SMILES string of the molecule is Cc1ccc(-c2ccc(-c3ccc(C4CCC4)cc3)cc2F)s1. The highest BCUT2D eigenvalue weighted by Crippen LogP contribution is 2.37. The molecule has 0 N–H and O–H groups in total. The smallest absolute Gasteiger partial charge is 0.132 e. The Morgan fingerprint density at radius 2 is 1.65 bits per heavy atom. The number of rotatable bonds is 3. The summed E-state index contributed by atoms with van der Waals surface area (Å²) in [5.41, 5.74) is 4.14. The molecule has 0 radical (unpaired) electrons. The van der Waals surface area contributed by atoms with Crippen LogP contribution in [-0.4, -0.2) is 0 Å². The third kappa shape index (κ3) is 2.84. The zero-order valence-corrected chi connectivity index (χ0v) is 14.0. The van der Waals surface area contributed by atoms with E-state index in [0.717, 1.165) is 21.9 Å². The van der Waals surface area contributed by atoms with Crippen molar-refractivity contribution in [3.8, 4) is 21.6 Å². The summed E-state index contributed by atoms with van der Waals surface area (Å²) in [4.78, 5) is 2.20. The van der Waals surface area contributed by atoms with Crippen LogP contribution in [0.25, 0.3) is 21.6 Å². The van der Waals surface area contributed by atoms with E-state index in [-0.39, 0.29) is 5.82 Å². The average molecular weight is 322 g/mol. The van der Waals surface area contributed by atoms with Crippen molar-refractivity contribution in [1.82, 2.24) is 0 Å². The summed E-state index contributed by atoms with van der Waals surface area (Å²) in [5.74, 6) is 0.595. The lowest BCUT2D eigenvalue weighted by molar-refractivity contribution is 0.420. The molecule has 1 aliphatic carbocycles. The fourth-order valence-corrected chi connectivity index (χ4v) is 4.06. The number of thiophene rings is 1. The summed E-state index contributed by atoms with van der Waals surface area (Å²) in [7, 11) is 0. The third-order valence-electron chi connectivity index (χ3n) is 4.80. The summed E-state index contributed by atoms with van der Waals surface area (Å²) in [5, 5.41) is 0. The largest absolute Gasteiger partial charge is 0.206 e. The standard InChI is InChI=1S/C21H19FS/c1-14-5-12-21(23-14)19-11-10-18(13-20(19)22)17-8-6-16(7-9-17)15-3-2-4-15/h5-13,15H,2-4H2,1H3. The van der Waals surface area contributed by atoms with Gasteiger partial charge in [0.05, 0.1) is 0 Å². The Kier molecular flexibility index (Phi) is 3.78. The molecule has 0 spiro atoms. The Morgan fingerprint density at radius 1 is 0.913 bits per heavy atom. The van der Waals surface area contributed by atoms with E-state index in [2.05, 4.69) is 24.3 Å². The maximum Gasteiger partial charge on any atom is 0.132 e. The van der Waals surface area contributed by atoms with Crippen LogP contribution in [0.4, 0.5) is 4.39 Å². The van der Waals surface area contributed by atoms with E-state index in [1.54, 1.807) is 17.4 Å². The van der Waals surface area contributed by atoms with Gasteiger partial charge >= 0.3 is 0 Å². The maximum atomic E-state index is 14.5. The van der Waals surface area contributed by atoms with E-state index in [0.29, 0.717) is 5.56 Å². The van der Waals surface area contributed by atoms with Gasteiger partial charge in [-0.1, -0.05) is 36.8 Å². The number of benzene rings is 2. The molecule has 2 heteroatoms. The third-order valence-corrected chi connectivity index (χ3v) is 5.83. The second kappa shape index (κ2) is 5.93. The zero-order valence-electron chi connectivity index (χ0n) is 13.2. The fourth-order valence-electron chi connectivity index (χ4n) is 3.16. The normalized spacial score (nSPS) is 14.7. The van der Waals surface area contributed by atoms with Crippen LogP contribution in [0.5, 0.6) is 0 Å². The van der Waals surface area contributed by atoms with E-state index in [1.165, 1.54) is 29.7 Å². The molecular weight excluding hydrogens is 303 g/mol. The molecule has 0 aliphatic heterocycles. The minimum atomic E-state index is -0.146. The number of hydrogen-bond donors (Lipinski definition) is 0. The summed E-state index contributed by atoms with van der Waals surface area (Å²) in [6.07, 6.45) is 3.97. The molecule has 1 aliphatic rings. The summed E-state index contributed by atoms with van der Waals surface area (Å²) >= 11 is 1.63. The van der Waals surface area contributed by atoms with Gasteiger partial charge in [0.2, 0.25) is 0 Å².